The SMILES string of the molecule is Cn1ccc(C2CCC(N)CC2)n1. The van der Waals surface area contributed by atoms with Crippen LogP contribution < -0.4 is 5.73 Å². The summed E-state index contributed by atoms with van der Waals surface area (Å²) in [6.07, 6.45) is 6.74. The first-order valence-corrected chi connectivity index (χ1v) is 5.01. The van der Waals surface area contributed by atoms with Crippen LogP contribution in [0.5, 0.6) is 0 Å². The molecule has 2 rings (SSSR count). The van der Waals surface area contributed by atoms with E-state index in [-0.39, 0.29) is 0 Å². The number of hydrogen-bond acceptors (Lipinski definition) is 2. The second-order valence-corrected chi connectivity index (χ2v) is 4.03. The Balaban J connectivity index is 2.02. The van der Waals surface area contributed by atoms with E-state index in [1.54, 1.807) is 0 Å². The molecule has 0 amide bonds. The van der Waals surface area contributed by atoms with E-state index in [0.29, 0.717) is 12.0 Å². The molecular formula is C10H17N3. The summed E-state index contributed by atoms with van der Waals surface area (Å²) in [6.45, 7) is 0. The van der Waals surface area contributed by atoms with Crippen LogP contribution in [0.2, 0.25) is 0 Å². The van der Waals surface area contributed by atoms with Gasteiger partial charge in [-0.15, -0.1) is 0 Å². The Morgan fingerprint density at radius 1 is 1.38 bits per heavy atom. The van der Waals surface area contributed by atoms with E-state index in [4.69, 9.17) is 5.73 Å². The third kappa shape index (κ3) is 1.91. The van der Waals surface area contributed by atoms with Crippen molar-refractivity contribution in [3.05, 3.63) is 18.0 Å². The van der Waals surface area contributed by atoms with Gasteiger partial charge in [0, 0.05) is 25.2 Å². The lowest BCUT2D eigenvalue weighted by atomic mass is 9.85. The molecule has 1 aromatic rings. The summed E-state index contributed by atoms with van der Waals surface area (Å²) in [7, 11) is 1.97. The Labute approximate surface area is 78.9 Å². The molecule has 0 radical (unpaired) electrons. The minimum Gasteiger partial charge on any atom is -0.328 e. The van der Waals surface area contributed by atoms with Gasteiger partial charge >= 0.3 is 0 Å². The maximum absolute atomic E-state index is 5.85. The van der Waals surface area contributed by atoms with Gasteiger partial charge in [0.05, 0.1) is 5.69 Å². The fraction of sp³-hybridized carbons (Fsp3) is 0.700. The second-order valence-electron chi connectivity index (χ2n) is 4.03. The van der Waals surface area contributed by atoms with E-state index in [2.05, 4.69) is 11.2 Å². The monoisotopic (exact) mass is 179 g/mol. The van der Waals surface area contributed by atoms with Crippen LogP contribution in [0.15, 0.2) is 12.3 Å². The van der Waals surface area contributed by atoms with Gasteiger partial charge in [0.15, 0.2) is 0 Å². The van der Waals surface area contributed by atoms with Gasteiger partial charge in [-0.1, -0.05) is 0 Å². The van der Waals surface area contributed by atoms with Gasteiger partial charge < -0.3 is 5.73 Å². The van der Waals surface area contributed by atoms with E-state index >= 15 is 0 Å². The van der Waals surface area contributed by atoms with Crippen molar-refractivity contribution < 1.29 is 0 Å². The van der Waals surface area contributed by atoms with Crippen LogP contribution in [0.3, 0.4) is 0 Å². The molecular weight excluding hydrogens is 162 g/mol. The lowest BCUT2D eigenvalue weighted by Gasteiger charge is -2.24. The zero-order valence-electron chi connectivity index (χ0n) is 8.11. The predicted octanol–water partition coefficient (Wildman–Crippen LogP) is 1.40. The zero-order valence-corrected chi connectivity index (χ0v) is 8.11. The number of aryl methyl sites for hydroxylation is 1. The van der Waals surface area contributed by atoms with Gasteiger partial charge in [-0.25, -0.2) is 0 Å². The first-order valence-electron chi connectivity index (χ1n) is 5.01. The molecule has 2 N–H and O–H groups in total. The van der Waals surface area contributed by atoms with Crippen LogP contribution in [0.4, 0.5) is 0 Å². The van der Waals surface area contributed by atoms with Crippen LogP contribution in [0.25, 0.3) is 0 Å². The summed E-state index contributed by atoms with van der Waals surface area (Å²) in [5, 5.41) is 4.44. The molecule has 13 heavy (non-hydrogen) atoms. The molecule has 3 nitrogen and oxygen atoms in total. The average molecular weight is 179 g/mol. The van der Waals surface area contributed by atoms with E-state index in [1.807, 2.05) is 17.9 Å². The molecule has 0 spiro atoms. The fourth-order valence-electron chi connectivity index (χ4n) is 2.07. The predicted molar refractivity (Wildman–Crippen MR) is 52.4 cm³/mol. The summed E-state index contributed by atoms with van der Waals surface area (Å²) < 4.78 is 1.88. The topological polar surface area (TPSA) is 43.8 Å². The summed E-state index contributed by atoms with van der Waals surface area (Å²) in [6, 6.07) is 2.56. The minimum atomic E-state index is 0.431. The highest BCUT2D eigenvalue weighted by Crippen LogP contribution is 2.30. The molecule has 0 aliphatic heterocycles. The van der Waals surface area contributed by atoms with Gasteiger partial charge in [0.1, 0.15) is 0 Å². The molecule has 1 saturated carbocycles. The molecule has 0 saturated heterocycles. The molecule has 1 fully saturated rings. The molecule has 1 aliphatic rings. The van der Waals surface area contributed by atoms with E-state index in [0.717, 1.165) is 12.8 Å². The van der Waals surface area contributed by atoms with E-state index < -0.39 is 0 Å². The van der Waals surface area contributed by atoms with Crippen molar-refractivity contribution in [1.82, 2.24) is 9.78 Å². The second kappa shape index (κ2) is 3.50. The number of hydrogen-bond donors (Lipinski definition) is 1. The molecule has 0 atom stereocenters. The molecule has 0 aromatic carbocycles. The van der Waals surface area contributed by atoms with Crippen molar-refractivity contribution in [3.63, 3.8) is 0 Å². The molecule has 0 unspecified atom stereocenters. The molecule has 72 valence electrons. The van der Waals surface area contributed by atoms with E-state index in [9.17, 15) is 0 Å². The lowest BCUT2D eigenvalue weighted by Crippen LogP contribution is -2.25. The molecule has 1 aromatic heterocycles. The van der Waals surface area contributed by atoms with Crippen LogP contribution in [-0.2, 0) is 7.05 Å². The quantitative estimate of drug-likeness (QED) is 0.708. The van der Waals surface area contributed by atoms with Gasteiger partial charge in [-0.3, -0.25) is 4.68 Å². The number of nitrogens with zero attached hydrogens (tertiary/aromatic N) is 2. The van der Waals surface area contributed by atoms with Gasteiger partial charge in [-0.2, -0.15) is 5.10 Å². The van der Waals surface area contributed by atoms with Crippen LogP contribution in [0.1, 0.15) is 37.3 Å². The highest BCUT2D eigenvalue weighted by atomic mass is 15.2. The van der Waals surface area contributed by atoms with Crippen molar-refractivity contribution in [2.75, 3.05) is 0 Å². The Morgan fingerprint density at radius 2 is 2.08 bits per heavy atom. The summed E-state index contributed by atoms with van der Waals surface area (Å²) in [5.41, 5.74) is 7.10. The zero-order chi connectivity index (χ0) is 9.26. The maximum atomic E-state index is 5.85. The Hall–Kier alpha value is -0.830. The molecule has 0 bridgehead atoms. The van der Waals surface area contributed by atoms with Gasteiger partial charge in [-0.05, 0) is 31.7 Å². The molecule has 1 heterocycles. The fourth-order valence-corrected chi connectivity index (χ4v) is 2.07. The maximum Gasteiger partial charge on any atom is 0.0655 e. The first kappa shape index (κ1) is 8.75. The third-order valence-electron chi connectivity index (χ3n) is 2.92. The molecule has 1 aliphatic carbocycles. The lowest BCUT2D eigenvalue weighted by molar-refractivity contribution is 0.388. The normalized spacial score (nSPS) is 29.1. The highest BCUT2D eigenvalue weighted by molar-refractivity contribution is 5.07. The summed E-state index contributed by atoms with van der Waals surface area (Å²) in [4.78, 5) is 0. The van der Waals surface area contributed by atoms with Crippen LogP contribution in [0, 0.1) is 0 Å². The van der Waals surface area contributed by atoms with Crippen molar-refractivity contribution in [1.29, 1.82) is 0 Å². The number of aromatic nitrogens is 2. The number of nitrogens with two attached hydrogens (primary N) is 1. The highest BCUT2D eigenvalue weighted by Gasteiger charge is 2.21. The van der Waals surface area contributed by atoms with Crippen molar-refractivity contribution in [2.45, 2.75) is 37.6 Å². The Morgan fingerprint density at radius 3 is 2.62 bits per heavy atom. The minimum absolute atomic E-state index is 0.431. The summed E-state index contributed by atoms with van der Waals surface area (Å²) in [5.74, 6) is 0.654. The number of rotatable bonds is 1. The standard InChI is InChI=1S/C10H17N3/c1-13-7-6-10(12-13)8-2-4-9(11)5-3-8/h6-9H,2-5,11H2,1H3. The largest absolute Gasteiger partial charge is 0.328 e. The van der Waals surface area contributed by atoms with Crippen LogP contribution in [-0.4, -0.2) is 15.8 Å². The van der Waals surface area contributed by atoms with E-state index in [1.165, 1.54) is 18.5 Å². The van der Waals surface area contributed by atoms with Gasteiger partial charge in [0.2, 0.25) is 0 Å². The smallest absolute Gasteiger partial charge is 0.0655 e. The summed E-state index contributed by atoms with van der Waals surface area (Å²) >= 11 is 0. The van der Waals surface area contributed by atoms with Crippen molar-refractivity contribution >= 4 is 0 Å². The van der Waals surface area contributed by atoms with Crippen LogP contribution >= 0.6 is 0 Å². The average Bonchev–Trinajstić information content (AvgIpc) is 2.53. The Bertz CT molecular complexity index is 271. The van der Waals surface area contributed by atoms with Crippen molar-refractivity contribution in [2.24, 2.45) is 12.8 Å². The Kier molecular flexibility index (Phi) is 2.36. The first-order chi connectivity index (χ1) is 6.25. The van der Waals surface area contributed by atoms with Gasteiger partial charge in [0.25, 0.3) is 0 Å². The molecule has 3 heteroatoms. The third-order valence-corrected chi connectivity index (χ3v) is 2.92. The van der Waals surface area contributed by atoms with Crippen molar-refractivity contribution in [3.8, 4) is 0 Å².